The summed E-state index contributed by atoms with van der Waals surface area (Å²) in [6, 6.07) is 8.40. The van der Waals surface area contributed by atoms with Gasteiger partial charge in [0.15, 0.2) is 5.96 Å². The minimum Gasteiger partial charge on any atom is -0.396 e. The zero-order valence-corrected chi connectivity index (χ0v) is 18.9. The van der Waals surface area contributed by atoms with Gasteiger partial charge in [-0.25, -0.2) is 4.99 Å². The van der Waals surface area contributed by atoms with Crippen LogP contribution >= 0.6 is 0 Å². The van der Waals surface area contributed by atoms with Gasteiger partial charge in [0.25, 0.3) is 0 Å². The molecule has 0 aromatic heterocycles. The summed E-state index contributed by atoms with van der Waals surface area (Å²) in [5.74, 6) is 0.846. The van der Waals surface area contributed by atoms with E-state index in [1.54, 1.807) is 0 Å². The average molecular weight is 420 g/mol. The Morgan fingerprint density at radius 3 is 2.57 bits per heavy atom. The van der Waals surface area contributed by atoms with Crippen LogP contribution in [0.4, 0.5) is 0 Å². The number of rotatable bonds is 13. The van der Waals surface area contributed by atoms with Crippen LogP contribution < -0.4 is 10.6 Å². The number of ether oxygens (including phenoxy) is 2. The van der Waals surface area contributed by atoms with E-state index >= 15 is 0 Å². The molecule has 0 aliphatic heterocycles. The molecule has 0 amide bonds. The SMILES string of the molecule is CCNC(=NCc1cccc(COCCOCC)c1)NCC1(CCO)CCCCC1. The molecule has 0 radical (unpaired) electrons. The van der Waals surface area contributed by atoms with Crippen molar-refractivity contribution in [2.45, 2.75) is 65.5 Å². The summed E-state index contributed by atoms with van der Waals surface area (Å²) in [6.07, 6.45) is 7.07. The van der Waals surface area contributed by atoms with E-state index in [0.29, 0.717) is 26.4 Å². The Morgan fingerprint density at radius 1 is 1.07 bits per heavy atom. The highest BCUT2D eigenvalue weighted by molar-refractivity contribution is 5.79. The van der Waals surface area contributed by atoms with Crippen LogP contribution in [0.3, 0.4) is 0 Å². The summed E-state index contributed by atoms with van der Waals surface area (Å²) in [5, 5.41) is 16.4. The van der Waals surface area contributed by atoms with Crippen LogP contribution in [0.15, 0.2) is 29.3 Å². The first-order valence-electron chi connectivity index (χ1n) is 11.6. The molecule has 2 rings (SSSR count). The molecule has 0 atom stereocenters. The van der Waals surface area contributed by atoms with Crippen molar-refractivity contribution >= 4 is 5.96 Å². The molecule has 1 saturated carbocycles. The second-order valence-electron chi connectivity index (χ2n) is 8.15. The quantitative estimate of drug-likeness (QED) is 0.259. The van der Waals surface area contributed by atoms with E-state index in [0.717, 1.165) is 37.6 Å². The highest BCUT2D eigenvalue weighted by Gasteiger charge is 2.31. The van der Waals surface area contributed by atoms with E-state index in [-0.39, 0.29) is 12.0 Å². The van der Waals surface area contributed by atoms with Crippen LogP contribution in [0.1, 0.15) is 63.5 Å². The minimum absolute atomic E-state index is 0.196. The predicted octanol–water partition coefficient (Wildman–Crippen LogP) is 3.63. The molecule has 6 heteroatoms. The molecule has 1 aliphatic rings. The number of nitrogens with zero attached hydrogens (tertiary/aromatic N) is 1. The van der Waals surface area contributed by atoms with Crippen molar-refractivity contribution in [2.75, 3.05) is 39.5 Å². The standard InChI is InChI=1S/C24H41N3O3/c1-3-25-23(27-20-24(13-14-28)11-6-5-7-12-24)26-18-21-9-8-10-22(17-21)19-30-16-15-29-4-2/h8-10,17,28H,3-7,11-16,18-20H2,1-2H3,(H2,25,26,27). The van der Waals surface area contributed by atoms with Crippen LogP contribution in [0.2, 0.25) is 0 Å². The van der Waals surface area contributed by atoms with Crippen molar-refractivity contribution in [1.29, 1.82) is 0 Å². The third-order valence-electron chi connectivity index (χ3n) is 5.79. The maximum Gasteiger partial charge on any atom is 0.191 e. The molecule has 1 fully saturated rings. The zero-order chi connectivity index (χ0) is 21.5. The molecular weight excluding hydrogens is 378 g/mol. The monoisotopic (exact) mass is 419 g/mol. The number of aliphatic hydroxyl groups excluding tert-OH is 1. The van der Waals surface area contributed by atoms with Gasteiger partial charge in [-0.3, -0.25) is 0 Å². The average Bonchev–Trinajstić information content (AvgIpc) is 2.77. The van der Waals surface area contributed by atoms with Crippen LogP contribution in [0, 0.1) is 5.41 Å². The van der Waals surface area contributed by atoms with Crippen molar-refractivity contribution in [3.63, 3.8) is 0 Å². The van der Waals surface area contributed by atoms with Gasteiger partial charge in [0.2, 0.25) is 0 Å². The van der Waals surface area contributed by atoms with Crippen LogP contribution in [0.5, 0.6) is 0 Å². The molecule has 0 unspecified atom stereocenters. The first-order chi connectivity index (χ1) is 14.7. The molecule has 1 aliphatic carbocycles. The Hall–Kier alpha value is -1.63. The fourth-order valence-corrected chi connectivity index (χ4v) is 4.11. The molecule has 170 valence electrons. The number of nitrogens with one attached hydrogen (secondary N) is 2. The molecular formula is C24H41N3O3. The molecule has 30 heavy (non-hydrogen) atoms. The third kappa shape index (κ3) is 9.02. The van der Waals surface area contributed by atoms with Gasteiger partial charge in [0.05, 0.1) is 26.4 Å². The second kappa shape index (κ2) is 14.4. The van der Waals surface area contributed by atoms with E-state index in [4.69, 9.17) is 14.5 Å². The summed E-state index contributed by atoms with van der Waals surface area (Å²) in [4.78, 5) is 4.79. The predicted molar refractivity (Wildman–Crippen MR) is 123 cm³/mol. The minimum atomic E-state index is 0.196. The number of guanidine groups is 1. The lowest BCUT2D eigenvalue weighted by molar-refractivity contribution is 0.0453. The molecule has 1 aromatic rings. The van der Waals surface area contributed by atoms with Gasteiger partial charge in [0.1, 0.15) is 0 Å². The first kappa shape index (κ1) is 24.6. The number of hydrogen-bond acceptors (Lipinski definition) is 4. The lowest BCUT2D eigenvalue weighted by atomic mass is 9.72. The molecule has 0 bridgehead atoms. The van der Waals surface area contributed by atoms with Gasteiger partial charge in [-0.05, 0) is 49.7 Å². The van der Waals surface area contributed by atoms with Crippen molar-refractivity contribution in [1.82, 2.24) is 10.6 Å². The fourth-order valence-electron chi connectivity index (χ4n) is 4.11. The Balaban J connectivity index is 1.89. The normalized spacial score (nSPS) is 16.4. The van der Waals surface area contributed by atoms with Crippen molar-refractivity contribution < 1.29 is 14.6 Å². The summed E-state index contributed by atoms with van der Waals surface area (Å²) in [6.45, 7) is 9.20. The van der Waals surface area contributed by atoms with Gasteiger partial charge in [-0.2, -0.15) is 0 Å². The first-order valence-corrected chi connectivity index (χ1v) is 11.6. The Morgan fingerprint density at radius 2 is 1.83 bits per heavy atom. The van der Waals surface area contributed by atoms with E-state index in [9.17, 15) is 5.11 Å². The molecule has 3 N–H and O–H groups in total. The highest BCUT2D eigenvalue weighted by atomic mass is 16.5. The van der Waals surface area contributed by atoms with E-state index < -0.39 is 0 Å². The molecule has 0 saturated heterocycles. The summed E-state index contributed by atoms with van der Waals surface area (Å²) in [5.41, 5.74) is 2.52. The van der Waals surface area contributed by atoms with Gasteiger partial charge in [-0.1, -0.05) is 43.5 Å². The number of aliphatic imine (C=N–C) groups is 1. The maximum absolute atomic E-state index is 9.54. The number of aliphatic hydroxyl groups is 1. The lowest BCUT2D eigenvalue weighted by Crippen LogP contribution is -2.44. The van der Waals surface area contributed by atoms with Crippen LogP contribution in [-0.4, -0.2) is 50.6 Å². The lowest BCUT2D eigenvalue weighted by Gasteiger charge is -2.37. The van der Waals surface area contributed by atoms with Gasteiger partial charge >= 0.3 is 0 Å². The Bertz CT molecular complexity index is 610. The smallest absolute Gasteiger partial charge is 0.191 e. The third-order valence-corrected chi connectivity index (χ3v) is 5.79. The van der Waals surface area contributed by atoms with E-state index in [1.807, 2.05) is 6.92 Å². The zero-order valence-electron chi connectivity index (χ0n) is 18.9. The maximum atomic E-state index is 9.54. The number of hydrogen-bond donors (Lipinski definition) is 3. The molecule has 1 aromatic carbocycles. The second-order valence-corrected chi connectivity index (χ2v) is 8.15. The summed E-state index contributed by atoms with van der Waals surface area (Å²) >= 11 is 0. The van der Waals surface area contributed by atoms with E-state index in [1.165, 1.54) is 37.7 Å². The van der Waals surface area contributed by atoms with E-state index in [2.05, 4.69) is 41.8 Å². The summed E-state index contributed by atoms with van der Waals surface area (Å²) < 4.78 is 11.0. The largest absolute Gasteiger partial charge is 0.396 e. The van der Waals surface area contributed by atoms with Gasteiger partial charge in [0, 0.05) is 26.3 Å². The topological polar surface area (TPSA) is 75.1 Å². The Kier molecular flexibility index (Phi) is 11.8. The molecule has 0 heterocycles. The van der Waals surface area contributed by atoms with Crippen LogP contribution in [-0.2, 0) is 22.6 Å². The van der Waals surface area contributed by atoms with Crippen molar-refractivity contribution in [2.24, 2.45) is 10.4 Å². The van der Waals surface area contributed by atoms with Crippen LogP contribution in [0.25, 0.3) is 0 Å². The number of benzene rings is 1. The highest BCUT2D eigenvalue weighted by Crippen LogP contribution is 2.38. The van der Waals surface area contributed by atoms with Crippen molar-refractivity contribution in [3.8, 4) is 0 Å². The molecule has 0 spiro atoms. The summed E-state index contributed by atoms with van der Waals surface area (Å²) in [7, 11) is 0. The molecule has 6 nitrogen and oxygen atoms in total. The Labute approximate surface area is 182 Å². The van der Waals surface area contributed by atoms with Gasteiger partial charge in [-0.15, -0.1) is 0 Å². The van der Waals surface area contributed by atoms with Crippen molar-refractivity contribution in [3.05, 3.63) is 35.4 Å². The van der Waals surface area contributed by atoms with Gasteiger partial charge < -0.3 is 25.2 Å². The fraction of sp³-hybridized carbons (Fsp3) is 0.708.